The molecule has 106 valence electrons. The first-order chi connectivity index (χ1) is 9.44. The van der Waals surface area contributed by atoms with Crippen molar-refractivity contribution in [3.8, 4) is 17.3 Å². The molecule has 0 aromatic carbocycles. The average molecular weight is 272 g/mol. The van der Waals surface area contributed by atoms with E-state index in [9.17, 15) is 0 Å². The molecule has 5 heteroatoms. The Balaban J connectivity index is 2.49. The number of aromatic nitrogens is 3. The molecule has 2 rings (SSSR count). The molecular formula is C15H20N4O. The van der Waals surface area contributed by atoms with Gasteiger partial charge in [-0.25, -0.2) is 15.0 Å². The summed E-state index contributed by atoms with van der Waals surface area (Å²) in [7, 11) is 3.45. The molecule has 0 amide bonds. The van der Waals surface area contributed by atoms with Crippen LogP contribution in [0.15, 0.2) is 24.4 Å². The minimum Gasteiger partial charge on any atom is -0.481 e. The number of pyridine rings is 1. The zero-order chi connectivity index (χ0) is 14.8. The van der Waals surface area contributed by atoms with Gasteiger partial charge in [0.1, 0.15) is 5.82 Å². The molecule has 0 saturated carbocycles. The molecule has 0 atom stereocenters. The van der Waals surface area contributed by atoms with Gasteiger partial charge in [-0.05, 0) is 6.07 Å². The number of nitrogens with one attached hydrogen (secondary N) is 1. The summed E-state index contributed by atoms with van der Waals surface area (Å²) in [6.45, 7) is 6.39. The smallest absolute Gasteiger partial charge is 0.212 e. The van der Waals surface area contributed by atoms with Crippen molar-refractivity contribution in [1.82, 2.24) is 15.0 Å². The molecule has 2 heterocycles. The molecule has 0 radical (unpaired) electrons. The molecule has 0 spiro atoms. The quantitative estimate of drug-likeness (QED) is 0.931. The highest BCUT2D eigenvalue weighted by atomic mass is 16.5. The van der Waals surface area contributed by atoms with Crippen molar-refractivity contribution in [3.05, 3.63) is 30.1 Å². The zero-order valence-corrected chi connectivity index (χ0v) is 12.6. The van der Waals surface area contributed by atoms with Crippen LogP contribution in [0.5, 0.6) is 5.88 Å². The second-order valence-electron chi connectivity index (χ2n) is 5.55. The van der Waals surface area contributed by atoms with Crippen molar-refractivity contribution in [2.24, 2.45) is 0 Å². The second kappa shape index (κ2) is 5.45. The molecule has 0 bridgehead atoms. The van der Waals surface area contributed by atoms with Crippen molar-refractivity contribution < 1.29 is 4.74 Å². The number of methoxy groups -OCH3 is 1. The Kier molecular flexibility index (Phi) is 3.88. The molecule has 0 unspecified atom stereocenters. The average Bonchev–Trinajstić information content (AvgIpc) is 2.46. The fourth-order valence-corrected chi connectivity index (χ4v) is 1.72. The Morgan fingerprint density at radius 1 is 1.15 bits per heavy atom. The van der Waals surface area contributed by atoms with E-state index in [2.05, 4.69) is 41.0 Å². The highest BCUT2D eigenvalue weighted by molar-refractivity contribution is 5.57. The molecule has 0 saturated heterocycles. The summed E-state index contributed by atoms with van der Waals surface area (Å²) in [6.07, 6.45) is 1.72. The third-order valence-corrected chi connectivity index (χ3v) is 2.95. The van der Waals surface area contributed by atoms with Gasteiger partial charge in [0.05, 0.1) is 12.8 Å². The lowest BCUT2D eigenvalue weighted by Crippen LogP contribution is -2.15. The predicted molar refractivity (Wildman–Crippen MR) is 80.1 cm³/mol. The second-order valence-corrected chi connectivity index (χ2v) is 5.55. The van der Waals surface area contributed by atoms with E-state index in [0.29, 0.717) is 11.7 Å². The van der Waals surface area contributed by atoms with Crippen LogP contribution in [0.4, 0.5) is 5.82 Å². The van der Waals surface area contributed by atoms with Crippen molar-refractivity contribution in [1.29, 1.82) is 0 Å². The minimum absolute atomic E-state index is 0.0385. The molecule has 2 aromatic heterocycles. The Bertz CT molecular complexity index is 588. The Morgan fingerprint density at radius 2 is 1.90 bits per heavy atom. The van der Waals surface area contributed by atoms with Crippen LogP contribution in [0.2, 0.25) is 0 Å². The maximum Gasteiger partial charge on any atom is 0.212 e. The molecule has 5 nitrogen and oxygen atoms in total. The number of rotatable bonds is 3. The zero-order valence-electron chi connectivity index (χ0n) is 12.6. The number of ether oxygens (including phenoxy) is 1. The molecule has 20 heavy (non-hydrogen) atoms. The van der Waals surface area contributed by atoms with Gasteiger partial charge >= 0.3 is 0 Å². The van der Waals surface area contributed by atoms with E-state index in [1.54, 1.807) is 13.3 Å². The van der Waals surface area contributed by atoms with Gasteiger partial charge in [0.2, 0.25) is 5.88 Å². The van der Waals surface area contributed by atoms with Crippen LogP contribution in [-0.4, -0.2) is 29.1 Å². The van der Waals surface area contributed by atoms with Gasteiger partial charge in [0.25, 0.3) is 0 Å². The lowest BCUT2D eigenvalue weighted by atomic mass is 9.92. The van der Waals surface area contributed by atoms with E-state index in [-0.39, 0.29) is 5.41 Å². The molecule has 0 aliphatic heterocycles. The summed E-state index contributed by atoms with van der Waals surface area (Å²) in [4.78, 5) is 13.3. The van der Waals surface area contributed by atoms with Crippen LogP contribution in [0.25, 0.3) is 11.4 Å². The van der Waals surface area contributed by atoms with Crippen molar-refractivity contribution in [2.75, 3.05) is 19.5 Å². The number of nitrogens with zero attached hydrogens (tertiary/aromatic N) is 3. The Morgan fingerprint density at radius 3 is 2.40 bits per heavy atom. The van der Waals surface area contributed by atoms with Crippen LogP contribution in [0.1, 0.15) is 26.5 Å². The molecule has 1 N–H and O–H groups in total. The van der Waals surface area contributed by atoms with Crippen LogP contribution in [0.3, 0.4) is 0 Å². The van der Waals surface area contributed by atoms with E-state index in [4.69, 9.17) is 4.74 Å². The van der Waals surface area contributed by atoms with Crippen molar-refractivity contribution in [2.45, 2.75) is 26.2 Å². The topological polar surface area (TPSA) is 59.9 Å². The van der Waals surface area contributed by atoms with Gasteiger partial charge in [0.15, 0.2) is 5.82 Å². The summed E-state index contributed by atoms with van der Waals surface area (Å²) in [5, 5.41) is 3.08. The Labute approximate surface area is 119 Å². The predicted octanol–water partition coefficient (Wildman–Crippen LogP) is 2.89. The maximum absolute atomic E-state index is 5.06. The standard InChI is InChI=1S/C15H20N4O/c1-15(2,3)11-8-12(16-4)19-14(18-11)10-6-7-13(20-5)17-9-10/h6-9H,1-5H3,(H,16,18,19). The summed E-state index contributed by atoms with van der Waals surface area (Å²) in [5.41, 5.74) is 1.82. The van der Waals surface area contributed by atoms with Crippen molar-refractivity contribution >= 4 is 5.82 Å². The monoisotopic (exact) mass is 272 g/mol. The first-order valence-corrected chi connectivity index (χ1v) is 6.52. The molecule has 2 aromatic rings. The van der Waals surface area contributed by atoms with Crippen LogP contribution in [0, 0.1) is 0 Å². The minimum atomic E-state index is -0.0385. The largest absolute Gasteiger partial charge is 0.481 e. The van der Waals surface area contributed by atoms with Gasteiger partial charge in [-0.1, -0.05) is 20.8 Å². The third kappa shape index (κ3) is 3.04. The number of hydrogen-bond acceptors (Lipinski definition) is 5. The van der Waals surface area contributed by atoms with Crippen molar-refractivity contribution in [3.63, 3.8) is 0 Å². The maximum atomic E-state index is 5.06. The van der Waals surface area contributed by atoms with Crippen LogP contribution in [-0.2, 0) is 5.41 Å². The van der Waals surface area contributed by atoms with Gasteiger partial charge in [-0.3, -0.25) is 0 Å². The fraction of sp³-hybridized carbons (Fsp3) is 0.400. The lowest BCUT2D eigenvalue weighted by Gasteiger charge is -2.19. The van der Waals surface area contributed by atoms with E-state index >= 15 is 0 Å². The summed E-state index contributed by atoms with van der Waals surface area (Å²) in [6, 6.07) is 5.69. The Hall–Kier alpha value is -2.17. The third-order valence-electron chi connectivity index (χ3n) is 2.95. The summed E-state index contributed by atoms with van der Waals surface area (Å²) < 4.78 is 5.06. The van der Waals surface area contributed by atoms with Gasteiger partial charge < -0.3 is 10.1 Å². The van der Waals surface area contributed by atoms with Crippen LogP contribution < -0.4 is 10.1 Å². The molecule has 0 fully saturated rings. The van der Waals surface area contributed by atoms with Gasteiger partial charge in [0, 0.05) is 36.4 Å². The normalized spacial score (nSPS) is 11.2. The first kappa shape index (κ1) is 14.2. The fourth-order valence-electron chi connectivity index (χ4n) is 1.72. The van der Waals surface area contributed by atoms with Gasteiger partial charge in [-0.2, -0.15) is 0 Å². The van der Waals surface area contributed by atoms with Crippen LogP contribution >= 0.6 is 0 Å². The first-order valence-electron chi connectivity index (χ1n) is 6.52. The highest BCUT2D eigenvalue weighted by Crippen LogP contribution is 2.25. The van der Waals surface area contributed by atoms with E-state index < -0.39 is 0 Å². The highest BCUT2D eigenvalue weighted by Gasteiger charge is 2.18. The van der Waals surface area contributed by atoms with E-state index in [0.717, 1.165) is 17.1 Å². The lowest BCUT2D eigenvalue weighted by molar-refractivity contribution is 0.398. The van der Waals surface area contributed by atoms with E-state index in [1.807, 2.05) is 25.2 Å². The molecule has 0 aliphatic carbocycles. The molecular weight excluding hydrogens is 252 g/mol. The number of anilines is 1. The number of hydrogen-bond donors (Lipinski definition) is 1. The molecule has 0 aliphatic rings. The van der Waals surface area contributed by atoms with Gasteiger partial charge in [-0.15, -0.1) is 0 Å². The van der Waals surface area contributed by atoms with E-state index in [1.165, 1.54) is 0 Å². The summed E-state index contributed by atoms with van der Waals surface area (Å²) >= 11 is 0. The SMILES string of the molecule is CNc1cc(C(C)(C)C)nc(-c2ccc(OC)nc2)n1. The summed E-state index contributed by atoms with van der Waals surface area (Å²) in [5.74, 6) is 2.04.